The van der Waals surface area contributed by atoms with E-state index in [1.807, 2.05) is 13.0 Å². The predicted octanol–water partition coefficient (Wildman–Crippen LogP) is 9.04. The van der Waals surface area contributed by atoms with Crippen LogP contribution in [0.4, 0.5) is 0 Å². The summed E-state index contributed by atoms with van der Waals surface area (Å²) >= 11 is 1.73. The Morgan fingerprint density at radius 3 is 2.31 bits per heavy atom. The Bertz CT molecular complexity index is 962. The number of ketones is 2. The Morgan fingerprint density at radius 1 is 1.15 bits per heavy atom. The third kappa shape index (κ3) is 7.40. The van der Waals surface area contributed by atoms with E-state index in [0.717, 1.165) is 44.6 Å². The van der Waals surface area contributed by atoms with E-state index >= 15 is 0 Å². The minimum atomic E-state index is -0.357. The molecule has 0 N–H and O–H groups in total. The van der Waals surface area contributed by atoms with Crippen LogP contribution in [0.2, 0.25) is 0 Å². The summed E-state index contributed by atoms with van der Waals surface area (Å²) in [6.45, 7) is 23.3. The summed E-state index contributed by atoms with van der Waals surface area (Å²) < 4.78 is 6.14. The molecule has 4 nitrogen and oxygen atoms in total. The highest BCUT2D eigenvalue weighted by molar-refractivity contribution is 7.98. The Morgan fingerprint density at radius 2 is 1.77 bits per heavy atom. The molecule has 5 heteroatoms. The molecule has 0 aliphatic heterocycles. The Balaban J connectivity index is 2.43. The van der Waals surface area contributed by atoms with Crippen molar-refractivity contribution in [2.45, 2.75) is 121 Å². The maximum Gasteiger partial charge on any atom is 0.176 e. The zero-order valence-corrected chi connectivity index (χ0v) is 27.8. The van der Waals surface area contributed by atoms with Crippen LogP contribution < -0.4 is 0 Å². The fourth-order valence-electron chi connectivity index (χ4n) is 7.68. The first kappa shape index (κ1) is 34.1. The molecule has 39 heavy (non-hydrogen) atoms. The molecule has 2 aliphatic carbocycles. The molecule has 0 saturated heterocycles. The highest BCUT2D eigenvalue weighted by Gasteiger charge is 2.60. The summed E-state index contributed by atoms with van der Waals surface area (Å²) in [7, 11) is 0. The Kier molecular flexibility index (Phi) is 11.2. The molecule has 0 unspecified atom stereocenters. The quantitative estimate of drug-likeness (QED) is 0.157. The number of nitrogens with zero attached hydrogens (tertiary/aromatic N) is 1. The van der Waals surface area contributed by atoms with E-state index < -0.39 is 0 Å². The van der Waals surface area contributed by atoms with Gasteiger partial charge < -0.3 is 9.53 Å². The summed E-state index contributed by atoms with van der Waals surface area (Å²) in [4.78, 5) is 25.7. The molecule has 0 aromatic rings. The number of carbonyl (C=O) groups is 2. The molecule has 0 bridgehead atoms. The number of nitriles is 1. The normalized spacial score (nSPS) is 31.2. The Labute approximate surface area is 244 Å². The number of Topliss-reactive ketones (excluding diaryl/α,β-unsaturated/α-hetero) is 2. The van der Waals surface area contributed by atoms with Crippen molar-refractivity contribution in [1.82, 2.24) is 0 Å². The zero-order chi connectivity index (χ0) is 29.9. The van der Waals surface area contributed by atoms with Crippen molar-refractivity contribution in [2.24, 2.45) is 44.8 Å². The van der Waals surface area contributed by atoms with Crippen LogP contribution in [0.3, 0.4) is 0 Å². The maximum atomic E-state index is 12.9. The molecule has 6 atom stereocenters. The largest absolute Gasteiger partial charge is 0.370 e. The Hall–Kier alpha value is -1.12. The lowest BCUT2D eigenvalue weighted by molar-refractivity contribution is -0.145. The van der Waals surface area contributed by atoms with Gasteiger partial charge >= 0.3 is 0 Å². The van der Waals surface area contributed by atoms with Gasteiger partial charge in [-0.2, -0.15) is 5.26 Å². The fraction of sp³-hybridized carbons (Fsp3) is 0.853. The number of thioether (sulfide) groups is 1. The predicted molar refractivity (Wildman–Crippen MR) is 164 cm³/mol. The van der Waals surface area contributed by atoms with E-state index in [9.17, 15) is 14.9 Å². The van der Waals surface area contributed by atoms with Crippen molar-refractivity contribution >= 4 is 23.3 Å². The van der Waals surface area contributed by atoms with Crippen LogP contribution in [0.1, 0.15) is 121 Å². The maximum absolute atomic E-state index is 12.9. The number of hydrogen-bond acceptors (Lipinski definition) is 5. The molecular formula is C34H57NO3S. The summed E-state index contributed by atoms with van der Waals surface area (Å²) in [5.74, 6) is 0.942. The molecule has 0 aromatic heterocycles. The van der Waals surface area contributed by atoms with Gasteiger partial charge in [0.15, 0.2) is 5.78 Å². The van der Waals surface area contributed by atoms with Crippen LogP contribution in [-0.4, -0.2) is 30.4 Å². The second-order valence-corrected chi connectivity index (χ2v) is 16.0. The third-order valence-electron chi connectivity index (χ3n) is 11.6. The molecular weight excluding hydrogens is 502 g/mol. The van der Waals surface area contributed by atoms with Gasteiger partial charge in [0.25, 0.3) is 0 Å². The lowest BCUT2D eigenvalue weighted by Gasteiger charge is -2.62. The average Bonchev–Trinajstić information content (AvgIpc) is 2.86. The van der Waals surface area contributed by atoms with Gasteiger partial charge in [0.2, 0.25) is 0 Å². The number of rotatable bonds is 14. The van der Waals surface area contributed by atoms with Crippen molar-refractivity contribution in [1.29, 1.82) is 5.26 Å². The first-order valence-corrected chi connectivity index (χ1v) is 16.5. The SMILES string of the molecule is CCC(C)(C)CC[C@@](C)(CCC(C)(C)[C@]1(C)CC[C@H]2[C@H](C)C(=O)C(C#N)=C[C@]2(C)[C@H]1CC(C)=O)COCSC. The van der Waals surface area contributed by atoms with Gasteiger partial charge in [0.05, 0.1) is 18.1 Å². The van der Waals surface area contributed by atoms with Crippen molar-refractivity contribution in [2.75, 3.05) is 18.8 Å². The van der Waals surface area contributed by atoms with Crippen LogP contribution in [0.5, 0.6) is 0 Å². The lowest BCUT2D eigenvalue weighted by atomic mass is 9.41. The molecule has 222 valence electrons. The second kappa shape index (κ2) is 12.8. The van der Waals surface area contributed by atoms with Gasteiger partial charge in [0.1, 0.15) is 11.9 Å². The van der Waals surface area contributed by atoms with E-state index in [4.69, 9.17) is 4.74 Å². The number of fused-ring (bicyclic) bond motifs is 1. The molecule has 2 aliphatic rings. The number of hydrogen-bond donors (Lipinski definition) is 0. The third-order valence-corrected chi connectivity index (χ3v) is 12.0. The summed E-state index contributed by atoms with van der Waals surface area (Å²) in [6, 6.07) is 2.19. The molecule has 0 amide bonds. The number of carbonyl (C=O) groups excluding carboxylic acids is 2. The first-order chi connectivity index (χ1) is 17.9. The summed E-state index contributed by atoms with van der Waals surface area (Å²) in [5, 5.41) is 9.81. The van der Waals surface area contributed by atoms with Crippen LogP contribution in [0.25, 0.3) is 0 Å². The van der Waals surface area contributed by atoms with Crippen molar-refractivity contribution < 1.29 is 14.3 Å². The van der Waals surface area contributed by atoms with Crippen LogP contribution in [0, 0.1) is 56.2 Å². The topological polar surface area (TPSA) is 67.2 Å². The van der Waals surface area contributed by atoms with E-state index in [-0.39, 0.29) is 56.6 Å². The molecule has 2 rings (SSSR count). The summed E-state index contributed by atoms with van der Waals surface area (Å²) in [6.07, 6.45) is 12.1. The fourth-order valence-corrected chi connectivity index (χ4v) is 7.93. The molecule has 0 spiro atoms. The smallest absolute Gasteiger partial charge is 0.176 e. The highest BCUT2D eigenvalue weighted by Crippen LogP contribution is 2.66. The number of ether oxygens (including phenoxy) is 1. The molecule has 1 fully saturated rings. The first-order valence-electron chi connectivity index (χ1n) is 15.2. The van der Waals surface area contributed by atoms with Gasteiger partial charge in [-0.05, 0) is 90.6 Å². The van der Waals surface area contributed by atoms with E-state index in [0.29, 0.717) is 11.8 Å². The van der Waals surface area contributed by atoms with E-state index in [1.54, 1.807) is 18.7 Å². The van der Waals surface area contributed by atoms with Gasteiger partial charge in [0, 0.05) is 12.3 Å². The summed E-state index contributed by atoms with van der Waals surface area (Å²) in [5.41, 5.74) is 0.200. The second-order valence-electron chi connectivity index (χ2n) is 15.2. The van der Waals surface area contributed by atoms with Crippen molar-refractivity contribution in [3.63, 3.8) is 0 Å². The van der Waals surface area contributed by atoms with E-state index in [1.165, 1.54) is 12.8 Å². The average molecular weight is 560 g/mol. The molecule has 1 saturated carbocycles. The van der Waals surface area contributed by atoms with Gasteiger partial charge in [-0.25, -0.2) is 0 Å². The molecule has 0 radical (unpaired) electrons. The van der Waals surface area contributed by atoms with Crippen molar-refractivity contribution in [3.8, 4) is 6.07 Å². The standard InChI is InChI=1S/C34H57NO3S/c1-12-30(4,5)15-17-32(8,22-38-23-39-11)18-16-31(6,7)34(10)14-13-27-25(3)29(37)26(21-35)20-33(27,9)28(34)19-24(2)36/h20,25,27-28H,12-19,22-23H2,1-11H3/t25-,27-,28+,32-,33-,34+/m0/s1. The lowest BCUT2D eigenvalue weighted by Crippen LogP contribution is -2.57. The molecule has 0 heterocycles. The van der Waals surface area contributed by atoms with Crippen LogP contribution in [-0.2, 0) is 14.3 Å². The van der Waals surface area contributed by atoms with Crippen LogP contribution in [0.15, 0.2) is 11.6 Å². The monoisotopic (exact) mass is 559 g/mol. The van der Waals surface area contributed by atoms with E-state index in [2.05, 4.69) is 67.7 Å². The molecule has 0 aromatic carbocycles. The van der Waals surface area contributed by atoms with Crippen LogP contribution >= 0.6 is 11.8 Å². The highest BCUT2D eigenvalue weighted by atomic mass is 32.2. The minimum absolute atomic E-state index is 0.0274. The van der Waals surface area contributed by atoms with Gasteiger partial charge in [-0.3, -0.25) is 4.79 Å². The number of allylic oxidation sites excluding steroid dienone is 2. The van der Waals surface area contributed by atoms with Crippen molar-refractivity contribution in [3.05, 3.63) is 11.6 Å². The van der Waals surface area contributed by atoms with Gasteiger partial charge in [-0.1, -0.05) is 74.8 Å². The van der Waals surface area contributed by atoms with Gasteiger partial charge in [-0.15, -0.1) is 11.8 Å². The minimum Gasteiger partial charge on any atom is -0.370 e. The zero-order valence-electron chi connectivity index (χ0n) is 27.0.